The molecule has 0 aliphatic carbocycles. The van der Waals surface area contributed by atoms with Crippen LogP contribution in [0.3, 0.4) is 0 Å². The van der Waals surface area contributed by atoms with Gasteiger partial charge >= 0.3 is 0 Å². The lowest BCUT2D eigenvalue weighted by molar-refractivity contribution is 0.263. The molecule has 1 aliphatic heterocycles. The molecule has 2 rings (SSSR count). The second-order valence-electron chi connectivity index (χ2n) is 4.14. The van der Waals surface area contributed by atoms with Crippen LogP contribution >= 0.6 is 0 Å². The third-order valence-electron chi connectivity index (χ3n) is 3.07. The lowest BCUT2D eigenvalue weighted by atomic mass is 10.1. The van der Waals surface area contributed by atoms with Gasteiger partial charge in [0.1, 0.15) is 0 Å². The summed E-state index contributed by atoms with van der Waals surface area (Å²) >= 11 is 0. The summed E-state index contributed by atoms with van der Waals surface area (Å²) < 4.78 is 0. The predicted molar refractivity (Wildman–Crippen MR) is 61.9 cm³/mol. The number of hydrogen-bond donors (Lipinski definition) is 2. The van der Waals surface area contributed by atoms with Gasteiger partial charge in [0.25, 0.3) is 0 Å². The number of aromatic nitrogens is 2. The van der Waals surface area contributed by atoms with Crippen LogP contribution in [0.5, 0.6) is 0 Å². The van der Waals surface area contributed by atoms with Crippen molar-refractivity contribution < 1.29 is 5.11 Å². The maximum atomic E-state index is 8.92. The van der Waals surface area contributed by atoms with Crippen LogP contribution < -0.4 is 10.6 Å². The summed E-state index contributed by atoms with van der Waals surface area (Å²) in [5, 5.41) is 8.92. The Balaban J connectivity index is 2.08. The summed E-state index contributed by atoms with van der Waals surface area (Å²) in [4.78, 5) is 10.8. The van der Waals surface area contributed by atoms with E-state index in [9.17, 15) is 0 Å². The lowest BCUT2D eigenvalue weighted by Gasteiger charge is -2.19. The number of aliphatic hydroxyl groups excluding tert-OH is 1. The van der Waals surface area contributed by atoms with Gasteiger partial charge in [0, 0.05) is 38.6 Å². The van der Waals surface area contributed by atoms with Crippen LogP contribution in [-0.2, 0) is 6.54 Å². The molecular formula is C11H18N4O. The molecule has 0 bridgehead atoms. The van der Waals surface area contributed by atoms with Crippen molar-refractivity contribution in [2.75, 3.05) is 24.6 Å². The van der Waals surface area contributed by atoms with Crippen LogP contribution in [0.1, 0.15) is 18.5 Å². The van der Waals surface area contributed by atoms with E-state index in [0.717, 1.165) is 37.4 Å². The normalized spacial score (nSPS) is 20.4. The largest absolute Gasteiger partial charge is 0.396 e. The van der Waals surface area contributed by atoms with Crippen LogP contribution in [0.15, 0.2) is 12.4 Å². The summed E-state index contributed by atoms with van der Waals surface area (Å²) in [6, 6.07) is 0. The van der Waals surface area contributed by atoms with E-state index < -0.39 is 0 Å². The Morgan fingerprint density at radius 1 is 1.44 bits per heavy atom. The van der Waals surface area contributed by atoms with Crippen molar-refractivity contribution in [2.45, 2.75) is 19.4 Å². The zero-order chi connectivity index (χ0) is 11.4. The number of nitrogens with two attached hydrogens (primary N) is 1. The zero-order valence-corrected chi connectivity index (χ0v) is 9.34. The Morgan fingerprint density at radius 2 is 2.25 bits per heavy atom. The van der Waals surface area contributed by atoms with Crippen molar-refractivity contribution in [3.8, 4) is 0 Å². The molecule has 88 valence electrons. The maximum Gasteiger partial charge on any atom is 0.151 e. The molecule has 1 aromatic heterocycles. The number of anilines is 1. The average Bonchev–Trinajstić information content (AvgIpc) is 2.78. The lowest BCUT2D eigenvalue weighted by Crippen LogP contribution is -2.23. The van der Waals surface area contributed by atoms with Gasteiger partial charge in [-0.15, -0.1) is 0 Å². The van der Waals surface area contributed by atoms with Gasteiger partial charge in [-0.1, -0.05) is 0 Å². The highest BCUT2D eigenvalue weighted by Gasteiger charge is 2.24. The molecule has 16 heavy (non-hydrogen) atoms. The number of hydrogen-bond acceptors (Lipinski definition) is 5. The fraction of sp³-hybridized carbons (Fsp3) is 0.636. The molecule has 1 unspecified atom stereocenters. The van der Waals surface area contributed by atoms with Crippen molar-refractivity contribution in [3.63, 3.8) is 0 Å². The monoisotopic (exact) mass is 222 g/mol. The molecule has 1 fully saturated rings. The molecular weight excluding hydrogens is 204 g/mol. The van der Waals surface area contributed by atoms with Crippen LogP contribution in [-0.4, -0.2) is 34.8 Å². The van der Waals surface area contributed by atoms with E-state index in [4.69, 9.17) is 10.8 Å². The zero-order valence-electron chi connectivity index (χ0n) is 9.34. The first kappa shape index (κ1) is 11.3. The molecule has 2 heterocycles. The summed E-state index contributed by atoms with van der Waals surface area (Å²) in [6.45, 7) is 2.62. The van der Waals surface area contributed by atoms with E-state index in [2.05, 4.69) is 14.9 Å². The van der Waals surface area contributed by atoms with E-state index in [1.165, 1.54) is 0 Å². The first-order chi connectivity index (χ1) is 7.85. The van der Waals surface area contributed by atoms with Gasteiger partial charge in [-0.25, -0.2) is 4.98 Å². The third kappa shape index (κ3) is 2.31. The topological polar surface area (TPSA) is 75.3 Å². The van der Waals surface area contributed by atoms with Crippen LogP contribution in [0.2, 0.25) is 0 Å². The fourth-order valence-corrected chi connectivity index (χ4v) is 2.21. The Kier molecular flexibility index (Phi) is 3.69. The second kappa shape index (κ2) is 5.23. The van der Waals surface area contributed by atoms with Crippen LogP contribution in [0.25, 0.3) is 0 Å². The molecule has 0 radical (unpaired) electrons. The van der Waals surface area contributed by atoms with Gasteiger partial charge in [-0.2, -0.15) is 0 Å². The minimum absolute atomic E-state index is 0.267. The summed E-state index contributed by atoms with van der Waals surface area (Å²) in [5.41, 5.74) is 6.50. The first-order valence-electron chi connectivity index (χ1n) is 5.71. The maximum absolute atomic E-state index is 8.92. The minimum atomic E-state index is 0.267. The van der Waals surface area contributed by atoms with E-state index >= 15 is 0 Å². The van der Waals surface area contributed by atoms with Gasteiger partial charge in [-0.3, -0.25) is 4.98 Å². The molecule has 0 amide bonds. The smallest absolute Gasteiger partial charge is 0.151 e. The van der Waals surface area contributed by atoms with Gasteiger partial charge in [0.15, 0.2) is 5.82 Å². The molecule has 0 saturated carbocycles. The molecule has 0 spiro atoms. The minimum Gasteiger partial charge on any atom is -0.396 e. The summed E-state index contributed by atoms with van der Waals surface area (Å²) in [6.07, 6.45) is 5.36. The molecule has 5 heteroatoms. The predicted octanol–water partition coefficient (Wildman–Crippen LogP) is 0.144. The standard InChI is InChI=1S/C11H18N4O/c12-7-10-11(14-4-3-13-10)15-5-1-9(8-15)2-6-16/h3-4,9,16H,1-2,5-8,12H2. The van der Waals surface area contributed by atoms with E-state index in [0.29, 0.717) is 12.5 Å². The van der Waals surface area contributed by atoms with Crippen molar-refractivity contribution >= 4 is 5.82 Å². The highest BCUT2D eigenvalue weighted by molar-refractivity contribution is 5.44. The average molecular weight is 222 g/mol. The quantitative estimate of drug-likeness (QED) is 0.758. The summed E-state index contributed by atoms with van der Waals surface area (Å²) in [5.74, 6) is 1.48. The van der Waals surface area contributed by atoms with E-state index in [-0.39, 0.29) is 6.61 Å². The van der Waals surface area contributed by atoms with Gasteiger partial charge in [0.2, 0.25) is 0 Å². The molecule has 3 N–H and O–H groups in total. The third-order valence-corrected chi connectivity index (χ3v) is 3.07. The number of aliphatic hydroxyl groups is 1. The summed E-state index contributed by atoms with van der Waals surface area (Å²) in [7, 11) is 0. The van der Waals surface area contributed by atoms with Crippen molar-refractivity contribution in [1.29, 1.82) is 0 Å². The van der Waals surface area contributed by atoms with Crippen molar-refractivity contribution in [3.05, 3.63) is 18.1 Å². The Bertz CT molecular complexity index is 345. The second-order valence-corrected chi connectivity index (χ2v) is 4.14. The van der Waals surface area contributed by atoms with Crippen molar-refractivity contribution in [1.82, 2.24) is 9.97 Å². The molecule has 1 aromatic rings. The van der Waals surface area contributed by atoms with Gasteiger partial charge in [-0.05, 0) is 18.8 Å². The molecule has 0 aromatic carbocycles. The van der Waals surface area contributed by atoms with E-state index in [1.807, 2.05) is 0 Å². The van der Waals surface area contributed by atoms with Crippen molar-refractivity contribution in [2.24, 2.45) is 11.7 Å². The Morgan fingerprint density at radius 3 is 3.00 bits per heavy atom. The fourth-order valence-electron chi connectivity index (χ4n) is 2.21. The molecule has 1 atom stereocenters. The van der Waals surface area contributed by atoms with E-state index in [1.54, 1.807) is 12.4 Å². The first-order valence-corrected chi connectivity index (χ1v) is 5.71. The Labute approximate surface area is 95.3 Å². The highest BCUT2D eigenvalue weighted by atomic mass is 16.3. The number of rotatable bonds is 4. The van der Waals surface area contributed by atoms with Gasteiger partial charge in [0.05, 0.1) is 5.69 Å². The molecule has 5 nitrogen and oxygen atoms in total. The molecule has 1 aliphatic rings. The Hall–Kier alpha value is -1.20. The number of nitrogens with zero attached hydrogens (tertiary/aromatic N) is 3. The van der Waals surface area contributed by atoms with Crippen LogP contribution in [0.4, 0.5) is 5.82 Å². The molecule has 1 saturated heterocycles. The van der Waals surface area contributed by atoms with Crippen LogP contribution in [0, 0.1) is 5.92 Å². The van der Waals surface area contributed by atoms with Gasteiger partial charge < -0.3 is 15.7 Å². The highest BCUT2D eigenvalue weighted by Crippen LogP contribution is 2.25. The SMILES string of the molecule is NCc1nccnc1N1CCC(CCO)C1.